The van der Waals surface area contributed by atoms with Gasteiger partial charge in [0.05, 0.1) is 5.56 Å². The second-order valence-corrected chi connectivity index (χ2v) is 5.74. The van der Waals surface area contributed by atoms with Gasteiger partial charge in [-0.2, -0.15) is 0 Å². The highest BCUT2D eigenvalue weighted by Gasteiger charge is 2.29. The first-order valence-corrected chi connectivity index (χ1v) is 7.16. The van der Waals surface area contributed by atoms with Crippen LogP contribution in [0.1, 0.15) is 59.9 Å². The smallest absolute Gasteiger partial charge is 0.255 e. The lowest BCUT2D eigenvalue weighted by atomic mass is 10.1. The third-order valence-corrected chi connectivity index (χ3v) is 4.27. The molecule has 1 aromatic rings. The molecular weight excluding hydrogens is 224 g/mol. The molecule has 1 saturated carbocycles. The maximum atomic E-state index is 12.5. The Hall–Kier alpha value is -1.25. The first kappa shape index (κ1) is 11.8. The van der Waals surface area contributed by atoms with Gasteiger partial charge in [0, 0.05) is 30.5 Å². The standard InChI is InChI=1S/C15H22N2O/c1-11-10-14(12(2)17(11)13-6-7-13)15(18)16-8-4-3-5-9-16/h10,13H,3-9H2,1-2H3. The molecule has 1 aliphatic heterocycles. The molecule has 1 aliphatic carbocycles. The zero-order valence-electron chi connectivity index (χ0n) is 11.4. The molecule has 0 N–H and O–H groups in total. The zero-order valence-corrected chi connectivity index (χ0v) is 11.4. The van der Waals surface area contributed by atoms with Crippen LogP contribution in [-0.2, 0) is 0 Å². The van der Waals surface area contributed by atoms with E-state index in [1.165, 1.54) is 30.7 Å². The molecule has 0 aromatic carbocycles. The van der Waals surface area contributed by atoms with Crippen molar-refractivity contribution in [2.75, 3.05) is 13.1 Å². The van der Waals surface area contributed by atoms with E-state index in [0.29, 0.717) is 6.04 Å². The molecule has 3 heteroatoms. The number of aromatic nitrogens is 1. The van der Waals surface area contributed by atoms with Crippen molar-refractivity contribution in [3.8, 4) is 0 Å². The summed E-state index contributed by atoms with van der Waals surface area (Å²) < 4.78 is 2.36. The van der Waals surface area contributed by atoms with Crippen molar-refractivity contribution in [3.63, 3.8) is 0 Å². The minimum absolute atomic E-state index is 0.245. The van der Waals surface area contributed by atoms with Crippen molar-refractivity contribution >= 4 is 5.91 Å². The topological polar surface area (TPSA) is 25.2 Å². The Morgan fingerprint density at radius 1 is 1.17 bits per heavy atom. The molecule has 98 valence electrons. The van der Waals surface area contributed by atoms with Crippen LogP contribution < -0.4 is 0 Å². The van der Waals surface area contributed by atoms with Crippen LogP contribution in [0.15, 0.2) is 6.07 Å². The molecule has 18 heavy (non-hydrogen) atoms. The second-order valence-electron chi connectivity index (χ2n) is 5.74. The lowest BCUT2D eigenvalue weighted by Crippen LogP contribution is -2.35. The molecule has 1 aromatic heterocycles. The predicted molar refractivity (Wildman–Crippen MR) is 71.9 cm³/mol. The molecule has 3 nitrogen and oxygen atoms in total. The number of nitrogens with zero attached hydrogens (tertiary/aromatic N) is 2. The van der Waals surface area contributed by atoms with Gasteiger partial charge < -0.3 is 9.47 Å². The summed E-state index contributed by atoms with van der Waals surface area (Å²) in [5, 5.41) is 0. The molecule has 1 amide bonds. The SMILES string of the molecule is Cc1cc(C(=O)N2CCCCC2)c(C)n1C1CC1. The highest BCUT2D eigenvalue weighted by Crippen LogP contribution is 2.38. The van der Waals surface area contributed by atoms with Gasteiger partial charge >= 0.3 is 0 Å². The summed E-state index contributed by atoms with van der Waals surface area (Å²) in [5.74, 6) is 0.245. The summed E-state index contributed by atoms with van der Waals surface area (Å²) in [6.07, 6.45) is 6.13. The lowest BCUT2D eigenvalue weighted by molar-refractivity contribution is 0.0723. The van der Waals surface area contributed by atoms with Crippen LogP contribution in [0.5, 0.6) is 0 Å². The Labute approximate surface area is 109 Å². The van der Waals surface area contributed by atoms with E-state index in [4.69, 9.17) is 0 Å². The second kappa shape index (κ2) is 4.45. The number of hydrogen-bond acceptors (Lipinski definition) is 1. The third-order valence-electron chi connectivity index (χ3n) is 4.27. The maximum absolute atomic E-state index is 12.5. The van der Waals surface area contributed by atoms with E-state index in [9.17, 15) is 4.79 Å². The van der Waals surface area contributed by atoms with Crippen LogP contribution in [0.3, 0.4) is 0 Å². The van der Waals surface area contributed by atoms with Crippen LogP contribution in [0.2, 0.25) is 0 Å². The van der Waals surface area contributed by atoms with Crippen LogP contribution >= 0.6 is 0 Å². The molecule has 0 radical (unpaired) electrons. The predicted octanol–water partition coefficient (Wildman–Crippen LogP) is 3.07. The number of carbonyl (C=O) groups excluding carboxylic acids is 1. The number of piperidine rings is 1. The first-order valence-electron chi connectivity index (χ1n) is 7.16. The molecule has 0 bridgehead atoms. The third kappa shape index (κ3) is 1.96. The lowest BCUT2D eigenvalue weighted by Gasteiger charge is -2.26. The fourth-order valence-electron chi connectivity index (χ4n) is 3.16. The van der Waals surface area contributed by atoms with E-state index in [-0.39, 0.29) is 5.91 Å². The summed E-state index contributed by atoms with van der Waals surface area (Å²) in [4.78, 5) is 14.6. The highest BCUT2D eigenvalue weighted by atomic mass is 16.2. The van der Waals surface area contributed by atoms with Gasteiger partial charge in [-0.15, -0.1) is 0 Å². The van der Waals surface area contributed by atoms with Gasteiger partial charge in [-0.3, -0.25) is 4.79 Å². The van der Waals surface area contributed by atoms with E-state index in [1.807, 2.05) is 4.90 Å². The molecule has 2 aliphatic rings. The van der Waals surface area contributed by atoms with Gasteiger partial charge in [-0.25, -0.2) is 0 Å². The summed E-state index contributed by atoms with van der Waals surface area (Å²) >= 11 is 0. The number of aryl methyl sites for hydroxylation is 1. The monoisotopic (exact) mass is 246 g/mol. The Bertz CT molecular complexity index is 465. The van der Waals surface area contributed by atoms with Gasteiger partial charge in [0.15, 0.2) is 0 Å². The highest BCUT2D eigenvalue weighted by molar-refractivity contribution is 5.95. The van der Waals surface area contributed by atoms with E-state index in [2.05, 4.69) is 24.5 Å². The summed E-state index contributed by atoms with van der Waals surface area (Å²) in [6, 6.07) is 2.75. The number of carbonyl (C=O) groups is 1. The van der Waals surface area contributed by atoms with Gasteiger partial charge in [-0.1, -0.05) is 0 Å². The number of amides is 1. The van der Waals surface area contributed by atoms with Crippen molar-refractivity contribution in [3.05, 3.63) is 23.0 Å². The van der Waals surface area contributed by atoms with Gasteiger partial charge in [0.25, 0.3) is 5.91 Å². The maximum Gasteiger partial charge on any atom is 0.255 e. The summed E-state index contributed by atoms with van der Waals surface area (Å²) in [6.45, 7) is 6.10. The van der Waals surface area contributed by atoms with Crippen molar-refractivity contribution in [1.82, 2.24) is 9.47 Å². The molecule has 3 rings (SSSR count). The quantitative estimate of drug-likeness (QED) is 0.787. The minimum atomic E-state index is 0.245. The van der Waals surface area contributed by atoms with Crippen LogP contribution in [0, 0.1) is 13.8 Å². The van der Waals surface area contributed by atoms with Crippen LogP contribution in [0.4, 0.5) is 0 Å². The van der Waals surface area contributed by atoms with E-state index >= 15 is 0 Å². The van der Waals surface area contributed by atoms with Crippen molar-refractivity contribution < 1.29 is 4.79 Å². The Kier molecular flexibility index (Phi) is 2.92. The van der Waals surface area contributed by atoms with Gasteiger partial charge in [-0.05, 0) is 52.0 Å². The Morgan fingerprint density at radius 2 is 1.83 bits per heavy atom. The first-order chi connectivity index (χ1) is 8.68. The average Bonchev–Trinajstić information content (AvgIpc) is 3.16. The fourth-order valence-corrected chi connectivity index (χ4v) is 3.16. The van der Waals surface area contributed by atoms with Crippen LogP contribution in [0.25, 0.3) is 0 Å². The summed E-state index contributed by atoms with van der Waals surface area (Å²) in [7, 11) is 0. The average molecular weight is 246 g/mol. The van der Waals surface area contributed by atoms with E-state index < -0.39 is 0 Å². The molecule has 1 saturated heterocycles. The fraction of sp³-hybridized carbons (Fsp3) is 0.667. The molecule has 2 heterocycles. The number of likely N-dealkylation sites (tertiary alicyclic amines) is 1. The van der Waals surface area contributed by atoms with Gasteiger partial charge in [0.1, 0.15) is 0 Å². The normalized spacial score (nSPS) is 20.2. The Morgan fingerprint density at radius 3 is 2.44 bits per heavy atom. The van der Waals surface area contributed by atoms with Crippen molar-refractivity contribution in [1.29, 1.82) is 0 Å². The molecule has 0 atom stereocenters. The molecular formula is C15H22N2O. The van der Waals surface area contributed by atoms with Crippen molar-refractivity contribution in [2.45, 2.75) is 52.0 Å². The van der Waals surface area contributed by atoms with E-state index in [1.54, 1.807) is 0 Å². The Balaban J connectivity index is 1.87. The minimum Gasteiger partial charge on any atom is -0.345 e. The van der Waals surface area contributed by atoms with Crippen LogP contribution in [-0.4, -0.2) is 28.5 Å². The summed E-state index contributed by atoms with van der Waals surface area (Å²) in [5.41, 5.74) is 3.35. The zero-order chi connectivity index (χ0) is 12.7. The molecule has 0 unspecified atom stereocenters. The molecule has 0 spiro atoms. The number of rotatable bonds is 2. The van der Waals surface area contributed by atoms with Crippen molar-refractivity contribution in [2.24, 2.45) is 0 Å². The largest absolute Gasteiger partial charge is 0.345 e. The number of hydrogen-bond donors (Lipinski definition) is 0. The van der Waals surface area contributed by atoms with E-state index in [0.717, 1.165) is 31.5 Å². The molecule has 2 fully saturated rings. The van der Waals surface area contributed by atoms with Gasteiger partial charge in [0.2, 0.25) is 0 Å².